The number of amides is 2. The first-order valence-corrected chi connectivity index (χ1v) is 6.26. The van der Waals surface area contributed by atoms with E-state index in [2.05, 4.69) is 26.6 Å². The molecule has 0 bridgehead atoms. The number of aliphatic hydroxyl groups is 1. The van der Waals surface area contributed by atoms with Gasteiger partial charge in [0.05, 0.1) is 13.2 Å². The van der Waals surface area contributed by atoms with Gasteiger partial charge in [-0.15, -0.1) is 0 Å². The maximum Gasteiger partial charge on any atom is 0.251 e. The summed E-state index contributed by atoms with van der Waals surface area (Å²) in [6.07, 6.45) is 0. The Labute approximate surface area is 114 Å². The van der Waals surface area contributed by atoms with Crippen LogP contribution in [-0.4, -0.2) is 36.1 Å². The number of hydrogen-bond acceptors (Lipinski definition) is 3. The number of carbonyl (C=O) groups excluding carboxylic acids is 2. The molecular weight excluding hydrogens is 300 g/mol. The average molecular weight is 315 g/mol. The summed E-state index contributed by atoms with van der Waals surface area (Å²) in [5, 5.41) is 13.8. The van der Waals surface area contributed by atoms with Crippen LogP contribution in [0.1, 0.15) is 17.3 Å². The van der Waals surface area contributed by atoms with Crippen molar-refractivity contribution >= 4 is 27.7 Å². The number of halogens is 1. The molecule has 0 radical (unpaired) electrons. The van der Waals surface area contributed by atoms with Crippen molar-refractivity contribution in [3.63, 3.8) is 0 Å². The number of nitrogens with one attached hydrogen (secondary N) is 2. The second-order valence-electron chi connectivity index (χ2n) is 3.84. The van der Waals surface area contributed by atoms with E-state index in [-0.39, 0.29) is 31.0 Å². The molecule has 18 heavy (non-hydrogen) atoms. The van der Waals surface area contributed by atoms with Crippen LogP contribution in [0.3, 0.4) is 0 Å². The van der Waals surface area contributed by atoms with E-state index in [4.69, 9.17) is 5.11 Å². The topological polar surface area (TPSA) is 78.4 Å². The van der Waals surface area contributed by atoms with Gasteiger partial charge in [0.1, 0.15) is 0 Å². The van der Waals surface area contributed by atoms with Crippen LogP contribution in [0.25, 0.3) is 0 Å². The predicted octanol–water partition coefficient (Wildman–Crippen LogP) is 0.676. The van der Waals surface area contributed by atoms with Crippen molar-refractivity contribution in [2.45, 2.75) is 13.0 Å². The van der Waals surface area contributed by atoms with Gasteiger partial charge in [-0.25, -0.2) is 0 Å². The molecule has 1 aromatic rings. The largest absolute Gasteiger partial charge is 0.394 e. The van der Waals surface area contributed by atoms with Crippen LogP contribution in [0.15, 0.2) is 28.7 Å². The minimum Gasteiger partial charge on any atom is -0.394 e. The van der Waals surface area contributed by atoms with E-state index >= 15 is 0 Å². The summed E-state index contributed by atoms with van der Waals surface area (Å²) >= 11 is 3.27. The minimum absolute atomic E-state index is 0.112. The third-order valence-electron chi connectivity index (χ3n) is 2.20. The van der Waals surface area contributed by atoms with E-state index in [0.717, 1.165) is 4.47 Å². The SMILES string of the molecule is CC(CO)NC(=O)CNC(=O)c1ccc(Br)cc1. The summed E-state index contributed by atoms with van der Waals surface area (Å²) in [6, 6.07) is 6.51. The van der Waals surface area contributed by atoms with Crippen LogP contribution < -0.4 is 10.6 Å². The second-order valence-corrected chi connectivity index (χ2v) is 4.76. The average Bonchev–Trinajstić information content (AvgIpc) is 2.36. The molecule has 0 aromatic heterocycles. The summed E-state index contributed by atoms with van der Waals surface area (Å²) in [5.41, 5.74) is 0.487. The highest BCUT2D eigenvalue weighted by atomic mass is 79.9. The summed E-state index contributed by atoms with van der Waals surface area (Å²) in [6.45, 7) is 1.43. The van der Waals surface area contributed by atoms with Crippen molar-refractivity contribution in [2.24, 2.45) is 0 Å². The van der Waals surface area contributed by atoms with Gasteiger partial charge in [-0.05, 0) is 31.2 Å². The number of benzene rings is 1. The van der Waals surface area contributed by atoms with Crippen LogP contribution in [0.4, 0.5) is 0 Å². The maximum atomic E-state index is 11.7. The number of carbonyl (C=O) groups is 2. The highest BCUT2D eigenvalue weighted by molar-refractivity contribution is 9.10. The number of rotatable bonds is 5. The first kappa shape index (κ1) is 14.7. The molecule has 5 nitrogen and oxygen atoms in total. The molecule has 2 amide bonds. The van der Waals surface area contributed by atoms with Gasteiger partial charge in [-0.3, -0.25) is 9.59 Å². The quantitative estimate of drug-likeness (QED) is 0.747. The van der Waals surface area contributed by atoms with E-state index in [1.165, 1.54) is 0 Å². The summed E-state index contributed by atoms with van der Waals surface area (Å²) in [4.78, 5) is 23.0. The van der Waals surface area contributed by atoms with E-state index in [1.54, 1.807) is 31.2 Å². The fourth-order valence-electron chi connectivity index (χ4n) is 1.24. The Morgan fingerprint density at radius 1 is 1.33 bits per heavy atom. The molecule has 0 fully saturated rings. The highest BCUT2D eigenvalue weighted by Crippen LogP contribution is 2.10. The lowest BCUT2D eigenvalue weighted by atomic mass is 10.2. The lowest BCUT2D eigenvalue weighted by Crippen LogP contribution is -2.42. The van der Waals surface area contributed by atoms with Crippen LogP contribution in [-0.2, 0) is 4.79 Å². The monoisotopic (exact) mass is 314 g/mol. The minimum atomic E-state index is -0.331. The fraction of sp³-hybridized carbons (Fsp3) is 0.333. The molecular formula is C12H15BrN2O3. The molecule has 0 aliphatic rings. The van der Waals surface area contributed by atoms with Crippen molar-refractivity contribution in [3.05, 3.63) is 34.3 Å². The molecule has 1 unspecified atom stereocenters. The normalized spacial score (nSPS) is 11.7. The third kappa shape index (κ3) is 4.85. The van der Waals surface area contributed by atoms with Crippen LogP contribution in [0.2, 0.25) is 0 Å². The highest BCUT2D eigenvalue weighted by Gasteiger charge is 2.09. The Kier molecular flexibility index (Phi) is 5.80. The Morgan fingerprint density at radius 3 is 2.50 bits per heavy atom. The molecule has 98 valence electrons. The third-order valence-corrected chi connectivity index (χ3v) is 2.73. The maximum absolute atomic E-state index is 11.7. The molecule has 0 saturated heterocycles. The molecule has 0 saturated carbocycles. The van der Waals surface area contributed by atoms with Gasteiger partial charge in [0.25, 0.3) is 5.91 Å². The molecule has 3 N–H and O–H groups in total. The molecule has 1 aromatic carbocycles. The van der Waals surface area contributed by atoms with E-state index in [9.17, 15) is 9.59 Å². The first-order valence-electron chi connectivity index (χ1n) is 5.47. The van der Waals surface area contributed by atoms with Crippen molar-refractivity contribution in [1.29, 1.82) is 0 Å². The molecule has 0 heterocycles. The fourth-order valence-corrected chi connectivity index (χ4v) is 1.50. The van der Waals surface area contributed by atoms with Crippen LogP contribution >= 0.6 is 15.9 Å². The van der Waals surface area contributed by atoms with Gasteiger partial charge in [-0.2, -0.15) is 0 Å². The Bertz CT molecular complexity index is 420. The molecule has 0 aliphatic carbocycles. The molecule has 0 aliphatic heterocycles. The lowest BCUT2D eigenvalue weighted by Gasteiger charge is -2.11. The van der Waals surface area contributed by atoms with Crippen molar-refractivity contribution in [2.75, 3.05) is 13.2 Å². The Morgan fingerprint density at radius 2 is 1.94 bits per heavy atom. The van der Waals surface area contributed by atoms with Crippen molar-refractivity contribution < 1.29 is 14.7 Å². The standard InChI is InChI=1S/C12H15BrN2O3/c1-8(7-16)15-11(17)6-14-12(18)9-2-4-10(13)5-3-9/h2-5,8,16H,6-7H2,1H3,(H,14,18)(H,15,17). The predicted molar refractivity (Wildman–Crippen MR) is 71.2 cm³/mol. The lowest BCUT2D eigenvalue weighted by molar-refractivity contribution is -0.121. The smallest absolute Gasteiger partial charge is 0.251 e. The van der Waals surface area contributed by atoms with Gasteiger partial charge in [0.2, 0.25) is 5.91 Å². The summed E-state index contributed by atoms with van der Waals surface area (Å²) in [5.74, 6) is -0.642. The zero-order valence-electron chi connectivity index (χ0n) is 9.94. The van der Waals surface area contributed by atoms with Crippen molar-refractivity contribution in [3.8, 4) is 0 Å². The molecule has 1 atom stereocenters. The summed E-state index contributed by atoms with van der Waals surface area (Å²) < 4.78 is 0.883. The van der Waals surface area contributed by atoms with E-state index in [1.807, 2.05) is 0 Å². The first-order chi connectivity index (χ1) is 8.52. The Hall–Kier alpha value is -1.40. The zero-order valence-corrected chi connectivity index (χ0v) is 11.5. The zero-order chi connectivity index (χ0) is 13.5. The van der Waals surface area contributed by atoms with Gasteiger partial charge >= 0.3 is 0 Å². The molecule has 0 spiro atoms. The van der Waals surface area contributed by atoms with Gasteiger partial charge in [0, 0.05) is 16.1 Å². The van der Waals surface area contributed by atoms with Gasteiger partial charge in [-0.1, -0.05) is 15.9 Å². The van der Waals surface area contributed by atoms with Crippen LogP contribution in [0.5, 0.6) is 0 Å². The number of hydrogen-bond donors (Lipinski definition) is 3. The summed E-state index contributed by atoms with van der Waals surface area (Å²) in [7, 11) is 0. The molecule has 1 rings (SSSR count). The number of aliphatic hydroxyl groups excluding tert-OH is 1. The van der Waals surface area contributed by atoms with Gasteiger partial charge in [0.15, 0.2) is 0 Å². The molecule has 6 heteroatoms. The van der Waals surface area contributed by atoms with E-state index in [0.29, 0.717) is 5.56 Å². The van der Waals surface area contributed by atoms with E-state index < -0.39 is 0 Å². The van der Waals surface area contributed by atoms with Crippen LogP contribution in [0, 0.1) is 0 Å². The Balaban J connectivity index is 2.41. The second kappa shape index (κ2) is 7.13. The van der Waals surface area contributed by atoms with Gasteiger partial charge < -0.3 is 15.7 Å². The van der Waals surface area contributed by atoms with Crippen molar-refractivity contribution in [1.82, 2.24) is 10.6 Å².